The van der Waals surface area contributed by atoms with E-state index in [1.807, 2.05) is 0 Å². The maximum Gasteiger partial charge on any atom is 0.336 e. The molecule has 0 amide bonds. The summed E-state index contributed by atoms with van der Waals surface area (Å²) in [4.78, 5) is 45.2. The SMILES string of the molecule is C=C(C)C(=O)OC(CCC=O)(CC(C)C=O)OC(=O)C(=C)C. The second kappa shape index (κ2) is 8.92. The van der Waals surface area contributed by atoms with Gasteiger partial charge in [-0.3, -0.25) is 0 Å². The molecule has 0 heterocycles. The van der Waals surface area contributed by atoms with Crippen molar-refractivity contribution in [3.63, 3.8) is 0 Å². The third kappa shape index (κ3) is 6.47. The Labute approximate surface area is 130 Å². The molecule has 0 N–H and O–H groups in total. The fourth-order valence-corrected chi connectivity index (χ4v) is 1.64. The van der Waals surface area contributed by atoms with Gasteiger partial charge in [0.1, 0.15) is 12.6 Å². The van der Waals surface area contributed by atoms with Crippen molar-refractivity contribution in [1.82, 2.24) is 0 Å². The fraction of sp³-hybridized carbons (Fsp3) is 0.500. The Morgan fingerprint density at radius 1 is 1.09 bits per heavy atom. The van der Waals surface area contributed by atoms with Gasteiger partial charge in [-0.2, -0.15) is 0 Å². The van der Waals surface area contributed by atoms with Crippen LogP contribution in [0.4, 0.5) is 0 Å². The summed E-state index contributed by atoms with van der Waals surface area (Å²) in [5.41, 5.74) is 0.223. The second-order valence-corrected chi connectivity index (χ2v) is 5.27. The summed E-state index contributed by atoms with van der Waals surface area (Å²) in [6.07, 6.45) is 1.16. The predicted octanol–water partition coefficient (Wildman–Crippen LogP) is 2.13. The highest BCUT2D eigenvalue weighted by molar-refractivity contribution is 5.89. The van der Waals surface area contributed by atoms with E-state index < -0.39 is 23.6 Å². The van der Waals surface area contributed by atoms with Gasteiger partial charge >= 0.3 is 11.9 Å². The van der Waals surface area contributed by atoms with Crippen LogP contribution in [0, 0.1) is 5.92 Å². The molecule has 22 heavy (non-hydrogen) atoms. The molecule has 0 aromatic rings. The third-order valence-corrected chi connectivity index (χ3v) is 2.76. The maximum atomic E-state index is 11.8. The first-order valence-corrected chi connectivity index (χ1v) is 6.84. The van der Waals surface area contributed by atoms with Crippen LogP contribution < -0.4 is 0 Å². The summed E-state index contributed by atoms with van der Waals surface area (Å²) < 4.78 is 10.5. The molecule has 6 nitrogen and oxygen atoms in total. The van der Waals surface area contributed by atoms with E-state index >= 15 is 0 Å². The standard InChI is InChI=1S/C16H22O6/c1-11(2)14(19)21-16(7-6-8-17,9-13(5)10-18)22-15(20)12(3)4/h8,10,13H,1,3,6-7,9H2,2,4-5H3. The molecule has 6 heteroatoms. The normalized spacial score (nSPS) is 12.0. The Bertz CT molecular complexity index is 449. The lowest BCUT2D eigenvalue weighted by Crippen LogP contribution is -2.42. The van der Waals surface area contributed by atoms with Gasteiger partial charge in [-0.1, -0.05) is 20.1 Å². The number of carbonyl (C=O) groups excluding carboxylic acids is 4. The summed E-state index contributed by atoms with van der Waals surface area (Å²) >= 11 is 0. The van der Waals surface area contributed by atoms with E-state index in [9.17, 15) is 19.2 Å². The van der Waals surface area contributed by atoms with Crippen molar-refractivity contribution < 1.29 is 28.7 Å². The third-order valence-electron chi connectivity index (χ3n) is 2.76. The quantitative estimate of drug-likeness (QED) is 0.266. The first kappa shape index (κ1) is 19.8. The van der Waals surface area contributed by atoms with Crippen LogP contribution in [-0.2, 0) is 28.7 Å². The van der Waals surface area contributed by atoms with Crippen molar-refractivity contribution in [2.24, 2.45) is 5.92 Å². The molecule has 122 valence electrons. The molecular formula is C16H22O6. The lowest BCUT2D eigenvalue weighted by Gasteiger charge is -2.33. The molecule has 1 unspecified atom stereocenters. The number of rotatable bonds is 10. The lowest BCUT2D eigenvalue weighted by atomic mass is 9.97. The van der Waals surface area contributed by atoms with E-state index in [1.54, 1.807) is 6.92 Å². The van der Waals surface area contributed by atoms with Gasteiger partial charge in [0, 0.05) is 36.3 Å². The highest BCUT2D eigenvalue weighted by Gasteiger charge is 2.40. The van der Waals surface area contributed by atoms with Gasteiger partial charge in [-0.15, -0.1) is 0 Å². The molecular weight excluding hydrogens is 288 g/mol. The van der Waals surface area contributed by atoms with Crippen LogP contribution in [-0.4, -0.2) is 30.3 Å². The molecule has 0 saturated heterocycles. The van der Waals surface area contributed by atoms with E-state index in [0.717, 1.165) is 0 Å². The van der Waals surface area contributed by atoms with Crippen LogP contribution >= 0.6 is 0 Å². The van der Waals surface area contributed by atoms with E-state index in [1.165, 1.54) is 13.8 Å². The van der Waals surface area contributed by atoms with Crippen LogP contribution in [0.15, 0.2) is 24.3 Å². The van der Waals surface area contributed by atoms with Crippen molar-refractivity contribution in [3.05, 3.63) is 24.3 Å². The number of ether oxygens (including phenoxy) is 2. The highest BCUT2D eigenvalue weighted by atomic mass is 16.7. The minimum absolute atomic E-state index is 0.00147. The first-order chi connectivity index (χ1) is 10.2. The zero-order valence-corrected chi connectivity index (χ0v) is 13.2. The first-order valence-electron chi connectivity index (χ1n) is 6.84. The van der Waals surface area contributed by atoms with Crippen molar-refractivity contribution in [3.8, 4) is 0 Å². The van der Waals surface area contributed by atoms with Crippen molar-refractivity contribution >= 4 is 24.5 Å². The van der Waals surface area contributed by atoms with E-state index in [0.29, 0.717) is 12.6 Å². The van der Waals surface area contributed by atoms with Crippen LogP contribution in [0.2, 0.25) is 0 Å². The molecule has 0 aromatic heterocycles. The average Bonchev–Trinajstić information content (AvgIpc) is 2.44. The second-order valence-electron chi connectivity index (χ2n) is 5.27. The molecule has 0 aliphatic carbocycles. The Morgan fingerprint density at radius 2 is 1.55 bits per heavy atom. The lowest BCUT2D eigenvalue weighted by molar-refractivity contribution is -0.231. The summed E-state index contributed by atoms with van der Waals surface area (Å²) in [6.45, 7) is 11.4. The Kier molecular flexibility index (Phi) is 8.01. The zero-order valence-electron chi connectivity index (χ0n) is 13.2. The Hall–Kier alpha value is -2.24. The van der Waals surface area contributed by atoms with Crippen LogP contribution in [0.1, 0.15) is 40.0 Å². The number of hydrogen-bond donors (Lipinski definition) is 0. The topological polar surface area (TPSA) is 86.7 Å². The van der Waals surface area contributed by atoms with Gasteiger partial charge in [-0.05, 0) is 13.8 Å². The van der Waals surface area contributed by atoms with Gasteiger partial charge in [0.2, 0.25) is 0 Å². The van der Waals surface area contributed by atoms with Gasteiger partial charge in [0.25, 0.3) is 5.79 Å². The van der Waals surface area contributed by atoms with Gasteiger partial charge in [-0.25, -0.2) is 9.59 Å². The van der Waals surface area contributed by atoms with Crippen molar-refractivity contribution in [2.75, 3.05) is 0 Å². The van der Waals surface area contributed by atoms with Crippen molar-refractivity contribution in [1.29, 1.82) is 0 Å². The summed E-state index contributed by atoms with van der Waals surface area (Å²) in [6, 6.07) is 0. The Morgan fingerprint density at radius 3 is 1.86 bits per heavy atom. The number of hydrogen-bond acceptors (Lipinski definition) is 6. The van der Waals surface area contributed by atoms with Crippen LogP contribution in [0.3, 0.4) is 0 Å². The minimum atomic E-state index is -1.70. The molecule has 0 aliphatic rings. The van der Waals surface area contributed by atoms with E-state index in [-0.39, 0.29) is 30.4 Å². The molecule has 0 bridgehead atoms. The summed E-state index contributed by atoms with van der Waals surface area (Å²) in [5.74, 6) is -3.77. The highest BCUT2D eigenvalue weighted by Crippen LogP contribution is 2.29. The van der Waals surface area contributed by atoms with Crippen LogP contribution in [0.25, 0.3) is 0 Å². The van der Waals surface area contributed by atoms with E-state index in [2.05, 4.69) is 13.2 Å². The van der Waals surface area contributed by atoms with Crippen molar-refractivity contribution in [2.45, 2.75) is 45.8 Å². The van der Waals surface area contributed by atoms with Gasteiger partial charge < -0.3 is 19.1 Å². The largest absolute Gasteiger partial charge is 0.419 e. The smallest absolute Gasteiger partial charge is 0.336 e. The fourth-order valence-electron chi connectivity index (χ4n) is 1.64. The molecule has 0 rings (SSSR count). The van der Waals surface area contributed by atoms with Gasteiger partial charge in [0.15, 0.2) is 0 Å². The maximum absolute atomic E-state index is 11.8. The molecule has 0 aromatic carbocycles. The molecule has 1 atom stereocenters. The number of esters is 2. The summed E-state index contributed by atoms with van der Waals surface area (Å²) in [5, 5.41) is 0. The monoisotopic (exact) mass is 310 g/mol. The van der Waals surface area contributed by atoms with E-state index in [4.69, 9.17) is 9.47 Å². The summed E-state index contributed by atoms with van der Waals surface area (Å²) in [7, 11) is 0. The molecule has 0 fully saturated rings. The zero-order chi connectivity index (χ0) is 17.3. The number of carbonyl (C=O) groups is 4. The molecule has 0 spiro atoms. The molecule has 0 radical (unpaired) electrons. The minimum Gasteiger partial charge on any atom is -0.419 e. The average molecular weight is 310 g/mol. The molecule has 0 saturated carbocycles. The van der Waals surface area contributed by atoms with Gasteiger partial charge in [0.05, 0.1) is 0 Å². The molecule has 0 aliphatic heterocycles. The number of aldehydes is 2. The predicted molar refractivity (Wildman–Crippen MR) is 79.7 cm³/mol. The van der Waals surface area contributed by atoms with Crippen LogP contribution in [0.5, 0.6) is 0 Å². The Balaban J connectivity index is 5.55.